The van der Waals surface area contributed by atoms with E-state index in [9.17, 15) is 0 Å². The van der Waals surface area contributed by atoms with Crippen molar-refractivity contribution in [3.63, 3.8) is 0 Å². The molecule has 0 radical (unpaired) electrons. The van der Waals surface area contributed by atoms with Crippen LogP contribution in [0, 0.1) is 5.92 Å². The smallest absolute Gasteiger partial charge is 0.191 e. The Balaban J connectivity index is 0.00000400. The topological polar surface area (TPSA) is 45.7 Å². The zero-order valence-electron chi connectivity index (χ0n) is 13.3. The third-order valence-corrected chi connectivity index (χ3v) is 2.58. The van der Waals surface area contributed by atoms with Gasteiger partial charge in [0.1, 0.15) is 5.75 Å². The maximum Gasteiger partial charge on any atom is 0.191 e. The highest BCUT2D eigenvalue weighted by molar-refractivity contribution is 14.0. The molecule has 0 aliphatic rings. The van der Waals surface area contributed by atoms with Gasteiger partial charge >= 0.3 is 0 Å². The Labute approximate surface area is 145 Å². The van der Waals surface area contributed by atoms with Crippen molar-refractivity contribution in [1.29, 1.82) is 0 Å². The minimum atomic E-state index is 0. The second kappa shape index (κ2) is 12.7. The van der Waals surface area contributed by atoms with Crippen LogP contribution in [0.5, 0.6) is 5.75 Å². The minimum absolute atomic E-state index is 0. The summed E-state index contributed by atoms with van der Waals surface area (Å²) in [7, 11) is 0. The largest absolute Gasteiger partial charge is 0.494 e. The van der Waals surface area contributed by atoms with Gasteiger partial charge in [0.15, 0.2) is 5.96 Å². The molecule has 0 saturated heterocycles. The lowest BCUT2D eigenvalue weighted by Crippen LogP contribution is -2.38. The molecular weight excluding hydrogens is 377 g/mol. The van der Waals surface area contributed by atoms with Crippen molar-refractivity contribution in [2.75, 3.05) is 26.2 Å². The number of rotatable bonds is 8. The van der Waals surface area contributed by atoms with Crippen LogP contribution in [0.15, 0.2) is 35.3 Å². The fourth-order valence-corrected chi connectivity index (χ4v) is 1.60. The van der Waals surface area contributed by atoms with E-state index >= 15 is 0 Å². The summed E-state index contributed by atoms with van der Waals surface area (Å²) >= 11 is 0. The predicted octanol–water partition coefficient (Wildman–Crippen LogP) is 3.28. The van der Waals surface area contributed by atoms with E-state index in [1.54, 1.807) is 0 Å². The summed E-state index contributed by atoms with van der Waals surface area (Å²) < 4.78 is 5.65. The molecule has 0 aliphatic carbocycles. The molecule has 0 unspecified atom stereocenters. The lowest BCUT2D eigenvalue weighted by Gasteiger charge is -2.12. The first kappa shape index (κ1) is 20.0. The third kappa shape index (κ3) is 10.4. The summed E-state index contributed by atoms with van der Waals surface area (Å²) in [5, 5.41) is 6.57. The summed E-state index contributed by atoms with van der Waals surface area (Å²) in [5.41, 5.74) is 0. The summed E-state index contributed by atoms with van der Waals surface area (Å²) in [4.78, 5) is 4.52. The van der Waals surface area contributed by atoms with E-state index in [0.29, 0.717) is 12.5 Å². The highest BCUT2D eigenvalue weighted by Gasteiger charge is 1.98. The number of halogens is 1. The second-order valence-corrected chi connectivity index (χ2v) is 5.06. The Morgan fingerprint density at radius 3 is 2.52 bits per heavy atom. The monoisotopic (exact) mass is 405 g/mol. The Morgan fingerprint density at radius 1 is 1.19 bits per heavy atom. The van der Waals surface area contributed by atoms with Gasteiger partial charge in [-0.15, -0.1) is 24.0 Å². The van der Waals surface area contributed by atoms with Crippen molar-refractivity contribution < 1.29 is 4.74 Å². The van der Waals surface area contributed by atoms with Gasteiger partial charge in [0.2, 0.25) is 0 Å². The zero-order valence-corrected chi connectivity index (χ0v) is 15.6. The van der Waals surface area contributed by atoms with Gasteiger partial charge in [-0.1, -0.05) is 32.0 Å². The standard InChI is InChI=1S/C16H27N3O.HI/c1-4-17-16(19-13-14(2)3)18-11-8-12-20-15-9-6-5-7-10-15;/h5-7,9-10,14H,4,8,11-13H2,1-3H3,(H2,17,18,19);1H. The number of guanidine groups is 1. The number of hydrogen-bond donors (Lipinski definition) is 2. The number of nitrogens with one attached hydrogen (secondary N) is 2. The van der Waals surface area contributed by atoms with Crippen LogP contribution < -0.4 is 15.4 Å². The van der Waals surface area contributed by atoms with Gasteiger partial charge in [0.05, 0.1) is 6.61 Å². The average molecular weight is 405 g/mol. The number of ether oxygens (including phenoxy) is 1. The fraction of sp³-hybridized carbons (Fsp3) is 0.562. The number of benzene rings is 1. The van der Waals surface area contributed by atoms with Gasteiger partial charge in [-0.3, -0.25) is 4.99 Å². The van der Waals surface area contributed by atoms with Crippen LogP contribution in [-0.4, -0.2) is 32.2 Å². The molecule has 1 aromatic carbocycles. The van der Waals surface area contributed by atoms with Crippen LogP contribution in [-0.2, 0) is 0 Å². The molecule has 120 valence electrons. The van der Waals surface area contributed by atoms with Gasteiger partial charge in [-0.2, -0.15) is 0 Å². The summed E-state index contributed by atoms with van der Waals surface area (Å²) in [5.74, 6) is 2.39. The Kier molecular flexibility index (Phi) is 12.1. The van der Waals surface area contributed by atoms with Gasteiger partial charge < -0.3 is 15.4 Å². The molecule has 0 heterocycles. The van der Waals surface area contributed by atoms with E-state index in [1.165, 1.54) is 0 Å². The molecule has 1 rings (SSSR count). The van der Waals surface area contributed by atoms with Gasteiger partial charge in [0, 0.05) is 19.6 Å². The average Bonchev–Trinajstić information content (AvgIpc) is 2.45. The summed E-state index contributed by atoms with van der Waals surface area (Å²) in [6.07, 6.45) is 0.945. The van der Waals surface area contributed by atoms with E-state index in [0.717, 1.165) is 37.8 Å². The van der Waals surface area contributed by atoms with Gasteiger partial charge in [-0.25, -0.2) is 0 Å². The van der Waals surface area contributed by atoms with Crippen LogP contribution >= 0.6 is 24.0 Å². The molecular formula is C16H28IN3O. The molecule has 0 amide bonds. The van der Waals surface area contributed by atoms with Gasteiger partial charge in [0.25, 0.3) is 0 Å². The molecule has 5 heteroatoms. The van der Waals surface area contributed by atoms with E-state index < -0.39 is 0 Å². The van der Waals surface area contributed by atoms with Crippen molar-refractivity contribution in [3.8, 4) is 5.75 Å². The Morgan fingerprint density at radius 2 is 1.90 bits per heavy atom. The van der Waals surface area contributed by atoms with Crippen LogP contribution in [0.1, 0.15) is 27.2 Å². The number of nitrogens with zero attached hydrogens (tertiary/aromatic N) is 1. The Hall–Kier alpha value is -0.980. The molecule has 21 heavy (non-hydrogen) atoms. The van der Waals surface area contributed by atoms with E-state index in [-0.39, 0.29) is 24.0 Å². The van der Waals surface area contributed by atoms with Gasteiger partial charge in [-0.05, 0) is 31.4 Å². The summed E-state index contributed by atoms with van der Waals surface area (Å²) in [6, 6.07) is 9.90. The van der Waals surface area contributed by atoms with Crippen LogP contribution in [0.3, 0.4) is 0 Å². The Bertz CT molecular complexity index is 382. The molecule has 0 bridgehead atoms. The molecule has 4 nitrogen and oxygen atoms in total. The molecule has 0 fully saturated rings. The van der Waals surface area contributed by atoms with E-state index in [2.05, 4.69) is 36.4 Å². The van der Waals surface area contributed by atoms with E-state index in [1.807, 2.05) is 30.3 Å². The minimum Gasteiger partial charge on any atom is -0.494 e. The first-order valence-electron chi connectivity index (χ1n) is 7.42. The summed E-state index contributed by atoms with van der Waals surface area (Å²) in [6.45, 7) is 9.70. The first-order valence-corrected chi connectivity index (χ1v) is 7.42. The molecule has 1 aromatic rings. The highest BCUT2D eigenvalue weighted by Crippen LogP contribution is 2.07. The SMILES string of the molecule is CCNC(=NCC(C)C)NCCCOc1ccccc1.I. The maximum atomic E-state index is 5.65. The molecule has 0 spiro atoms. The molecule has 0 saturated carbocycles. The van der Waals surface area contributed by atoms with Crippen molar-refractivity contribution in [1.82, 2.24) is 10.6 Å². The lowest BCUT2D eigenvalue weighted by atomic mass is 10.2. The molecule has 2 N–H and O–H groups in total. The van der Waals surface area contributed by atoms with Crippen molar-refractivity contribution in [3.05, 3.63) is 30.3 Å². The number of hydrogen-bond acceptors (Lipinski definition) is 2. The molecule has 0 aliphatic heterocycles. The highest BCUT2D eigenvalue weighted by atomic mass is 127. The quantitative estimate of drug-likeness (QED) is 0.302. The van der Waals surface area contributed by atoms with Crippen molar-refractivity contribution in [2.45, 2.75) is 27.2 Å². The van der Waals surface area contributed by atoms with Crippen LogP contribution in [0.4, 0.5) is 0 Å². The van der Waals surface area contributed by atoms with E-state index in [4.69, 9.17) is 4.74 Å². The number of aliphatic imine (C=N–C) groups is 1. The van der Waals surface area contributed by atoms with Crippen molar-refractivity contribution >= 4 is 29.9 Å². The second-order valence-electron chi connectivity index (χ2n) is 5.06. The maximum absolute atomic E-state index is 5.65. The zero-order chi connectivity index (χ0) is 14.6. The first-order chi connectivity index (χ1) is 9.72. The predicted molar refractivity (Wildman–Crippen MR) is 101 cm³/mol. The number of para-hydroxylation sites is 1. The van der Waals surface area contributed by atoms with Crippen LogP contribution in [0.2, 0.25) is 0 Å². The lowest BCUT2D eigenvalue weighted by molar-refractivity contribution is 0.311. The fourth-order valence-electron chi connectivity index (χ4n) is 1.60. The molecule has 0 aromatic heterocycles. The molecule has 0 atom stereocenters. The van der Waals surface area contributed by atoms with Crippen molar-refractivity contribution in [2.24, 2.45) is 10.9 Å². The normalized spacial score (nSPS) is 11.0. The third-order valence-electron chi connectivity index (χ3n) is 2.58. The van der Waals surface area contributed by atoms with Crippen LogP contribution in [0.25, 0.3) is 0 Å².